The van der Waals surface area contributed by atoms with E-state index in [-0.39, 0.29) is 28.1 Å². The average molecular weight is 368 g/mol. The zero-order chi connectivity index (χ0) is 18.6. The SMILES string of the molecule is CCCC(C)c1cc(NS(=O)(=O)c2ccc([N+](=O)[O-])cc2OC)n[nH]1. The number of rotatable bonds is 8. The van der Waals surface area contributed by atoms with Gasteiger partial charge in [0, 0.05) is 17.8 Å². The maximum Gasteiger partial charge on any atom is 0.273 e. The van der Waals surface area contributed by atoms with E-state index >= 15 is 0 Å². The Morgan fingerprint density at radius 2 is 2.12 bits per heavy atom. The van der Waals surface area contributed by atoms with Gasteiger partial charge in [0.1, 0.15) is 10.6 Å². The Balaban J connectivity index is 2.29. The molecule has 1 atom stereocenters. The van der Waals surface area contributed by atoms with E-state index in [1.54, 1.807) is 6.07 Å². The average Bonchev–Trinajstić information content (AvgIpc) is 3.02. The molecule has 1 aromatic carbocycles. The van der Waals surface area contributed by atoms with Gasteiger partial charge < -0.3 is 4.74 Å². The van der Waals surface area contributed by atoms with E-state index in [1.165, 1.54) is 7.11 Å². The minimum Gasteiger partial charge on any atom is -0.495 e. The zero-order valence-corrected chi connectivity index (χ0v) is 15.0. The molecule has 0 saturated heterocycles. The van der Waals surface area contributed by atoms with Gasteiger partial charge in [-0.2, -0.15) is 5.10 Å². The van der Waals surface area contributed by atoms with Crippen LogP contribution in [0.15, 0.2) is 29.2 Å². The Bertz CT molecular complexity index is 863. The third kappa shape index (κ3) is 4.27. The molecule has 0 aliphatic carbocycles. The van der Waals surface area contributed by atoms with Crippen LogP contribution in [0.4, 0.5) is 11.5 Å². The molecule has 0 saturated carbocycles. The number of ether oxygens (including phenoxy) is 1. The second-order valence-electron chi connectivity index (χ2n) is 5.60. The summed E-state index contributed by atoms with van der Waals surface area (Å²) < 4.78 is 32.4. The smallest absolute Gasteiger partial charge is 0.273 e. The second kappa shape index (κ2) is 7.51. The van der Waals surface area contributed by atoms with E-state index in [1.807, 2.05) is 6.92 Å². The van der Waals surface area contributed by atoms with Crippen LogP contribution in [0.25, 0.3) is 0 Å². The molecule has 1 unspecified atom stereocenters. The van der Waals surface area contributed by atoms with Crippen LogP contribution in [0.5, 0.6) is 5.75 Å². The molecule has 0 radical (unpaired) electrons. The lowest BCUT2D eigenvalue weighted by molar-refractivity contribution is -0.385. The van der Waals surface area contributed by atoms with E-state index in [2.05, 4.69) is 21.8 Å². The number of methoxy groups -OCH3 is 1. The number of sulfonamides is 1. The molecule has 0 spiro atoms. The maximum atomic E-state index is 12.6. The van der Waals surface area contributed by atoms with Crippen molar-refractivity contribution >= 4 is 21.5 Å². The Morgan fingerprint density at radius 1 is 1.40 bits per heavy atom. The first-order valence-electron chi connectivity index (χ1n) is 7.69. The molecule has 1 heterocycles. The minimum atomic E-state index is -4.00. The van der Waals surface area contributed by atoms with Crippen molar-refractivity contribution in [3.05, 3.63) is 40.1 Å². The molecule has 25 heavy (non-hydrogen) atoms. The number of aromatic nitrogens is 2. The summed E-state index contributed by atoms with van der Waals surface area (Å²) in [4.78, 5) is 9.99. The Hall–Kier alpha value is -2.62. The van der Waals surface area contributed by atoms with Crippen LogP contribution in [0.2, 0.25) is 0 Å². The summed E-state index contributed by atoms with van der Waals surface area (Å²) in [6, 6.07) is 4.94. The summed E-state index contributed by atoms with van der Waals surface area (Å²) in [5, 5.41) is 17.6. The number of anilines is 1. The molecule has 0 aliphatic heterocycles. The van der Waals surface area contributed by atoms with Crippen LogP contribution in [0.3, 0.4) is 0 Å². The van der Waals surface area contributed by atoms with E-state index < -0.39 is 14.9 Å². The quantitative estimate of drug-likeness (QED) is 0.544. The van der Waals surface area contributed by atoms with E-state index in [9.17, 15) is 18.5 Å². The van der Waals surface area contributed by atoms with Gasteiger partial charge in [0.05, 0.1) is 18.1 Å². The molecule has 1 aromatic heterocycles. The topological polar surface area (TPSA) is 127 Å². The van der Waals surface area contributed by atoms with Gasteiger partial charge in [-0.05, 0) is 18.4 Å². The third-order valence-corrected chi connectivity index (χ3v) is 5.13. The number of hydrogen-bond donors (Lipinski definition) is 2. The number of nitro benzene ring substituents is 1. The maximum absolute atomic E-state index is 12.6. The van der Waals surface area contributed by atoms with Crippen LogP contribution < -0.4 is 9.46 Å². The third-order valence-electron chi connectivity index (χ3n) is 3.74. The molecule has 9 nitrogen and oxygen atoms in total. The molecule has 0 amide bonds. The number of nitrogens with zero attached hydrogens (tertiary/aromatic N) is 2. The van der Waals surface area contributed by atoms with Gasteiger partial charge in [-0.25, -0.2) is 8.42 Å². The van der Waals surface area contributed by atoms with Gasteiger partial charge in [0.2, 0.25) is 0 Å². The van der Waals surface area contributed by atoms with Gasteiger partial charge >= 0.3 is 0 Å². The van der Waals surface area contributed by atoms with Crippen molar-refractivity contribution in [2.24, 2.45) is 0 Å². The highest BCUT2D eigenvalue weighted by molar-refractivity contribution is 7.92. The lowest BCUT2D eigenvalue weighted by atomic mass is 10.0. The van der Waals surface area contributed by atoms with Gasteiger partial charge in [-0.3, -0.25) is 19.9 Å². The molecule has 0 fully saturated rings. The van der Waals surface area contributed by atoms with Crippen LogP contribution >= 0.6 is 0 Å². The van der Waals surface area contributed by atoms with Crippen LogP contribution in [-0.2, 0) is 10.0 Å². The summed E-state index contributed by atoms with van der Waals surface area (Å²) in [6.45, 7) is 4.09. The largest absolute Gasteiger partial charge is 0.495 e. The summed E-state index contributed by atoms with van der Waals surface area (Å²) in [7, 11) is -2.76. The van der Waals surface area contributed by atoms with Crippen LogP contribution in [-0.4, -0.2) is 30.6 Å². The standard InChI is InChI=1S/C15H20N4O5S/c1-4-5-10(2)12-9-15(17-16-12)18-25(22,23)14-7-6-11(19(20)21)8-13(14)24-3/h6-10H,4-5H2,1-3H3,(H2,16,17,18). The van der Waals surface area contributed by atoms with Gasteiger partial charge in [0.15, 0.2) is 5.82 Å². The van der Waals surface area contributed by atoms with Gasteiger partial charge in [-0.1, -0.05) is 20.3 Å². The fraction of sp³-hybridized carbons (Fsp3) is 0.400. The van der Waals surface area contributed by atoms with Crippen molar-refractivity contribution < 1.29 is 18.1 Å². The second-order valence-corrected chi connectivity index (χ2v) is 7.25. The van der Waals surface area contributed by atoms with Gasteiger partial charge in [0.25, 0.3) is 15.7 Å². The molecule has 0 bridgehead atoms. The lowest BCUT2D eigenvalue weighted by Gasteiger charge is -2.09. The van der Waals surface area contributed by atoms with Gasteiger partial charge in [-0.15, -0.1) is 0 Å². The normalized spacial score (nSPS) is 12.6. The predicted octanol–water partition coefficient (Wildman–Crippen LogP) is 3.03. The molecule has 2 aromatic rings. The van der Waals surface area contributed by atoms with Crippen LogP contribution in [0, 0.1) is 10.1 Å². The lowest BCUT2D eigenvalue weighted by Crippen LogP contribution is -2.14. The highest BCUT2D eigenvalue weighted by atomic mass is 32.2. The fourth-order valence-electron chi connectivity index (χ4n) is 2.41. The summed E-state index contributed by atoms with van der Waals surface area (Å²) in [6.07, 6.45) is 1.95. The monoisotopic (exact) mass is 368 g/mol. The number of benzene rings is 1. The summed E-state index contributed by atoms with van der Waals surface area (Å²) >= 11 is 0. The highest BCUT2D eigenvalue weighted by Gasteiger charge is 2.23. The Kier molecular flexibility index (Phi) is 5.62. The molecule has 2 rings (SSSR count). The molecular formula is C15H20N4O5S. The number of nitrogens with one attached hydrogen (secondary N) is 2. The first-order chi connectivity index (χ1) is 11.8. The first kappa shape index (κ1) is 18.7. The predicted molar refractivity (Wildman–Crippen MR) is 92.4 cm³/mol. The molecule has 136 valence electrons. The van der Waals surface area contributed by atoms with Crippen LogP contribution in [0.1, 0.15) is 38.3 Å². The molecule has 2 N–H and O–H groups in total. The molecule has 0 aliphatic rings. The number of hydrogen-bond acceptors (Lipinski definition) is 6. The number of aromatic amines is 1. The summed E-state index contributed by atoms with van der Waals surface area (Å²) in [5.74, 6) is 0.264. The first-order valence-corrected chi connectivity index (χ1v) is 9.17. The summed E-state index contributed by atoms with van der Waals surface area (Å²) in [5.41, 5.74) is 0.571. The van der Waals surface area contributed by atoms with Crippen molar-refractivity contribution in [1.29, 1.82) is 0 Å². The van der Waals surface area contributed by atoms with Crippen molar-refractivity contribution in [3.63, 3.8) is 0 Å². The zero-order valence-electron chi connectivity index (χ0n) is 14.1. The van der Waals surface area contributed by atoms with Crippen molar-refractivity contribution in [3.8, 4) is 5.75 Å². The molecular weight excluding hydrogens is 348 g/mol. The van der Waals surface area contributed by atoms with Crippen molar-refractivity contribution in [1.82, 2.24) is 10.2 Å². The highest BCUT2D eigenvalue weighted by Crippen LogP contribution is 2.30. The number of nitro groups is 1. The molecule has 10 heteroatoms. The number of non-ortho nitro benzene ring substituents is 1. The fourth-order valence-corrected chi connectivity index (χ4v) is 3.56. The Labute approximate surface area is 145 Å². The van der Waals surface area contributed by atoms with E-state index in [0.717, 1.165) is 36.7 Å². The minimum absolute atomic E-state index is 0.114. The van der Waals surface area contributed by atoms with E-state index in [4.69, 9.17) is 4.74 Å². The van der Waals surface area contributed by atoms with Crippen molar-refractivity contribution in [2.45, 2.75) is 37.5 Å². The Morgan fingerprint density at radius 3 is 2.72 bits per heavy atom. The van der Waals surface area contributed by atoms with E-state index in [0.29, 0.717) is 0 Å². The van der Waals surface area contributed by atoms with Crippen molar-refractivity contribution in [2.75, 3.05) is 11.8 Å². The number of H-pyrrole nitrogens is 1.